The van der Waals surface area contributed by atoms with Gasteiger partial charge in [-0.2, -0.15) is 13.2 Å². The number of amides is 2. The molecule has 198 valence electrons. The van der Waals surface area contributed by atoms with Gasteiger partial charge in [-0.1, -0.05) is 35.9 Å². The summed E-state index contributed by atoms with van der Waals surface area (Å²) in [4.78, 5) is 29.7. The first-order chi connectivity index (χ1) is 17.5. The number of carbonyl (C=O) groups is 2. The number of halogens is 4. The molecule has 0 aliphatic carbocycles. The second kappa shape index (κ2) is 11.1. The van der Waals surface area contributed by atoms with Crippen LogP contribution in [0.2, 0.25) is 5.02 Å². The predicted molar refractivity (Wildman–Crippen MR) is 138 cm³/mol. The number of alkyl halides is 3. The fourth-order valence-electron chi connectivity index (χ4n) is 4.87. The van der Waals surface area contributed by atoms with Crippen molar-refractivity contribution in [2.24, 2.45) is 0 Å². The molecule has 1 N–H and O–H groups in total. The van der Waals surface area contributed by atoms with Crippen molar-refractivity contribution < 1.29 is 22.8 Å². The average Bonchev–Trinajstić information content (AvgIpc) is 3.20. The van der Waals surface area contributed by atoms with Gasteiger partial charge in [-0.3, -0.25) is 9.59 Å². The highest BCUT2D eigenvalue weighted by Gasteiger charge is 2.36. The van der Waals surface area contributed by atoms with Crippen LogP contribution in [0.25, 0.3) is 10.9 Å². The summed E-state index contributed by atoms with van der Waals surface area (Å²) in [6.45, 7) is 1.94. The monoisotopic (exact) mass is 534 g/mol. The smallest absolute Gasteiger partial charge is 0.353 e. The van der Waals surface area contributed by atoms with Crippen molar-refractivity contribution in [3.8, 4) is 0 Å². The first-order valence-corrected chi connectivity index (χ1v) is 12.6. The highest BCUT2D eigenvalue weighted by Crippen LogP contribution is 2.39. The van der Waals surface area contributed by atoms with Crippen LogP contribution in [-0.4, -0.2) is 66.5 Å². The fourth-order valence-corrected chi connectivity index (χ4v) is 5.04. The van der Waals surface area contributed by atoms with Crippen LogP contribution in [0.5, 0.6) is 0 Å². The Labute approximate surface area is 219 Å². The third-order valence-corrected chi connectivity index (χ3v) is 6.99. The Morgan fingerprint density at radius 2 is 1.81 bits per heavy atom. The molecule has 0 bridgehead atoms. The fraction of sp³-hybridized carbons (Fsp3) is 0.407. The molecule has 3 aromatic rings. The summed E-state index contributed by atoms with van der Waals surface area (Å²) >= 11 is 6.21. The minimum atomic E-state index is -4.41. The maximum absolute atomic E-state index is 13.5. The van der Waals surface area contributed by atoms with E-state index >= 15 is 0 Å². The number of nitrogens with one attached hydrogen (secondary N) is 1. The number of fused-ring (bicyclic) bond motifs is 1. The molecule has 1 aliphatic heterocycles. The second-order valence-electron chi connectivity index (χ2n) is 9.64. The summed E-state index contributed by atoms with van der Waals surface area (Å²) in [6, 6.07) is 10.9. The zero-order valence-electron chi connectivity index (χ0n) is 20.8. The topological polar surface area (TPSA) is 57.6 Å². The number of hydrogen-bond acceptors (Lipinski definition) is 3. The normalized spacial score (nSPS) is 14.9. The lowest BCUT2D eigenvalue weighted by Crippen LogP contribution is -2.38. The van der Waals surface area contributed by atoms with E-state index in [4.69, 9.17) is 11.6 Å². The molecule has 6 nitrogen and oxygen atoms in total. The van der Waals surface area contributed by atoms with Gasteiger partial charge in [-0.25, -0.2) is 0 Å². The molecule has 1 saturated heterocycles. The van der Waals surface area contributed by atoms with Gasteiger partial charge in [-0.05, 0) is 56.6 Å². The second-order valence-corrected chi connectivity index (χ2v) is 10.1. The van der Waals surface area contributed by atoms with Gasteiger partial charge in [0.05, 0.1) is 16.6 Å². The van der Waals surface area contributed by atoms with E-state index in [1.807, 2.05) is 19.0 Å². The highest BCUT2D eigenvalue weighted by atomic mass is 35.5. The largest absolute Gasteiger partial charge is 0.416 e. The Kier molecular flexibility index (Phi) is 8.14. The van der Waals surface area contributed by atoms with Gasteiger partial charge in [-0.15, -0.1) is 0 Å². The quantitative estimate of drug-likeness (QED) is 0.463. The highest BCUT2D eigenvalue weighted by molar-refractivity contribution is 6.31. The summed E-state index contributed by atoms with van der Waals surface area (Å²) in [5, 5.41) is 4.04. The summed E-state index contributed by atoms with van der Waals surface area (Å²) in [5.74, 6) is -0.656. The van der Waals surface area contributed by atoms with Crippen LogP contribution in [0.4, 0.5) is 13.2 Å². The molecule has 2 heterocycles. The van der Waals surface area contributed by atoms with Crippen molar-refractivity contribution >= 4 is 34.3 Å². The van der Waals surface area contributed by atoms with E-state index in [9.17, 15) is 22.8 Å². The van der Waals surface area contributed by atoms with E-state index in [1.165, 1.54) is 12.1 Å². The first-order valence-electron chi connectivity index (χ1n) is 12.2. The SMILES string of the molecule is CN(C)CCNC(=O)Cn1cc(C(=O)N2CCC(c3ccccc3C(F)(F)F)CC2)c2ccc(Cl)cc21. The number of carbonyl (C=O) groups excluding carboxylic acids is 2. The van der Waals surface area contributed by atoms with Crippen molar-refractivity contribution in [3.63, 3.8) is 0 Å². The third-order valence-electron chi connectivity index (χ3n) is 6.76. The lowest BCUT2D eigenvalue weighted by Gasteiger charge is -2.33. The van der Waals surface area contributed by atoms with Crippen molar-refractivity contribution in [1.29, 1.82) is 0 Å². The van der Waals surface area contributed by atoms with Crippen LogP contribution >= 0.6 is 11.6 Å². The summed E-state index contributed by atoms with van der Waals surface area (Å²) < 4.78 is 42.2. The molecule has 10 heteroatoms. The van der Waals surface area contributed by atoms with Gasteiger partial charge in [0.25, 0.3) is 5.91 Å². The molecule has 1 fully saturated rings. The van der Waals surface area contributed by atoms with E-state index in [1.54, 1.807) is 39.9 Å². The maximum atomic E-state index is 13.5. The van der Waals surface area contributed by atoms with Gasteiger partial charge in [0, 0.05) is 42.8 Å². The molecule has 4 rings (SSSR count). The van der Waals surface area contributed by atoms with E-state index in [-0.39, 0.29) is 29.8 Å². The van der Waals surface area contributed by atoms with Gasteiger partial charge >= 0.3 is 6.18 Å². The number of hydrogen-bond donors (Lipinski definition) is 1. The van der Waals surface area contributed by atoms with Crippen LogP contribution in [0.15, 0.2) is 48.7 Å². The molecule has 0 radical (unpaired) electrons. The van der Waals surface area contributed by atoms with Gasteiger partial charge in [0.1, 0.15) is 6.54 Å². The Morgan fingerprint density at radius 3 is 2.49 bits per heavy atom. The lowest BCUT2D eigenvalue weighted by atomic mass is 9.86. The van der Waals surface area contributed by atoms with Crippen LogP contribution in [0.3, 0.4) is 0 Å². The molecule has 37 heavy (non-hydrogen) atoms. The molecule has 2 amide bonds. The van der Waals surface area contributed by atoms with E-state index < -0.39 is 11.7 Å². The Bertz CT molecular complexity index is 1280. The van der Waals surface area contributed by atoms with Crippen molar-refractivity contribution in [2.45, 2.75) is 31.5 Å². The number of aromatic nitrogens is 1. The predicted octanol–water partition coefficient (Wildman–Crippen LogP) is 5.01. The zero-order valence-corrected chi connectivity index (χ0v) is 21.6. The molecular weight excluding hydrogens is 505 g/mol. The number of nitrogens with zero attached hydrogens (tertiary/aromatic N) is 3. The van der Waals surface area contributed by atoms with Crippen LogP contribution in [0.1, 0.15) is 40.2 Å². The number of likely N-dealkylation sites (tertiary alicyclic amines) is 1. The van der Waals surface area contributed by atoms with Crippen molar-refractivity contribution in [2.75, 3.05) is 40.3 Å². The summed E-state index contributed by atoms with van der Waals surface area (Å²) in [6.07, 6.45) is -1.86. The first kappa shape index (κ1) is 27.0. The van der Waals surface area contributed by atoms with Crippen LogP contribution in [0, 0.1) is 0 Å². The molecule has 0 atom stereocenters. The van der Waals surface area contributed by atoms with E-state index in [0.29, 0.717) is 60.5 Å². The van der Waals surface area contributed by atoms with Gasteiger partial charge in [0.2, 0.25) is 5.91 Å². The van der Waals surface area contributed by atoms with Gasteiger partial charge < -0.3 is 19.7 Å². The molecule has 0 unspecified atom stereocenters. The Balaban J connectivity index is 1.50. The van der Waals surface area contributed by atoms with Gasteiger partial charge in [0.15, 0.2) is 0 Å². The number of likely N-dealkylation sites (N-methyl/N-ethyl adjacent to an activating group) is 1. The molecule has 0 spiro atoms. The minimum absolute atomic E-state index is 0.0356. The lowest BCUT2D eigenvalue weighted by molar-refractivity contribution is -0.138. The number of rotatable bonds is 7. The average molecular weight is 535 g/mol. The zero-order chi connectivity index (χ0) is 26.7. The third kappa shape index (κ3) is 6.27. The molecule has 1 aromatic heterocycles. The van der Waals surface area contributed by atoms with Crippen molar-refractivity contribution in [1.82, 2.24) is 19.7 Å². The minimum Gasteiger partial charge on any atom is -0.353 e. The van der Waals surface area contributed by atoms with E-state index in [0.717, 1.165) is 6.07 Å². The van der Waals surface area contributed by atoms with Crippen molar-refractivity contribution in [3.05, 3.63) is 70.4 Å². The molecule has 1 aliphatic rings. The molecule has 2 aromatic carbocycles. The number of piperidine rings is 1. The Hall–Kier alpha value is -3.04. The maximum Gasteiger partial charge on any atom is 0.416 e. The summed E-state index contributed by atoms with van der Waals surface area (Å²) in [5.41, 5.74) is 0.798. The van der Waals surface area contributed by atoms with Crippen LogP contribution in [-0.2, 0) is 17.5 Å². The molecule has 0 saturated carbocycles. The molecular formula is C27H30ClF3N4O2. The standard InChI is InChI=1S/C27H30ClF3N4O2/c1-33(2)14-11-32-25(36)17-35-16-22(21-8-7-19(28)15-24(21)35)26(37)34-12-9-18(10-13-34)20-5-3-4-6-23(20)27(29,30)31/h3-8,15-16,18H,9-14,17H2,1-2H3,(H,32,36). The summed E-state index contributed by atoms with van der Waals surface area (Å²) in [7, 11) is 3.84. The Morgan fingerprint density at radius 1 is 1.11 bits per heavy atom. The van der Waals surface area contributed by atoms with E-state index in [2.05, 4.69) is 5.32 Å². The van der Waals surface area contributed by atoms with Crippen LogP contribution < -0.4 is 5.32 Å². The number of benzene rings is 2.